The lowest BCUT2D eigenvalue weighted by Gasteiger charge is -2.34. The molecule has 1 aliphatic rings. The molecule has 2 rings (SSSR count). The van der Waals surface area contributed by atoms with E-state index in [1.54, 1.807) is 4.90 Å². The number of hydrogen-bond acceptors (Lipinski definition) is 3. The van der Waals surface area contributed by atoms with Crippen molar-refractivity contribution in [1.29, 1.82) is 0 Å². The Balaban J connectivity index is 1.92. The second-order valence-electron chi connectivity index (χ2n) is 6.34. The van der Waals surface area contributed by atoms with Gasteiger partial charge in [0.2, 0.25) is 5.91 Å². The predicted octanol–water partition coefficient (Wildman–Crippen LogP) is 2.92. The molecule has 0 bridgehead atoms. The van der Waals surface area contributed by atoms with Crippen molar-refractivity contribution in [2.45, 2.75) is 38.6 Å². The van der Waals surface area contributed by atoms with E-state index in [0.717, 1.165) is 5.56 Å². The van der Waals surface area contributed by atoms with Crippen LogP contribution in [0.2, 0.25) is 0 Å². The molecule has 130 valence electrons. The van der Waals surface area contributed by atoms with Crippen LogP contribution < -0.4 is 0 Å². The van der Waals surface area contributed by atoms with E-state index in [9.17, 15) is 9.59 Å². The van der Waals surface area contributed by atoms with Crippen LogP contribution in [0.15, 0.2) is 30.3 Å². The molecule has 1 N–H and O–H groups in total. The largest absolute Gasteiger partial charge is 0.481 e. The van der Waals surface area contributed by atoms with E-state index in [0.29, 0.717) is 25.7 Å². The number of amides is 1. The zero-order valence-corrected chi connectivity index (χ0v) is 14.3. The summed E-state index contributed by atoms with van der Waals surface area (Å²) < 4.78 is 5.29. The third kappa shape index (κ3) is 5.20. The molecule has 1 amide bonds. The minimum absolute atomic E-state index is 0.0559. The van der Waals surface area contributed by atoms with Gasteiger partial charge in [0, 0.05) is 13.0 Å². The van der Waals surface area contributed by atoms with E-state index in [2.05, 4.69) is 26.0 Å². The first-order chi connectivity index (χ1) is 11.5. The minimum Gasteiger partial charge on any atom is -0.481 e. The van der Waals surface area contributed by atoms with Crippen LogP contribution in [0.1, 0.15) is 43.7 Å². The summed E-state index contributed by atoms with van der Waals surface area (Å²) in [5, 5.41) is 8.94. The first-order valence-electron chi connectivity index (χ1n) is 8.33. The van der Waals surface area contributed by atoms with E-state index in [1.165, 1.54) is 5.56 Å². The smallest absolute Gasteiger partial charge is 0.305 e. The fraction of sp³-hybridized carbons (Fsp3) is 0.474. The Morgan fingerprint density at radius 2 is 2.04 bits per heavy atom. The van der Waals surface area contributed by atoms with Crippen LogP contribution in [0.25, 0.3) is 6.08 Å². The van der Waals surface area contributed by atoms with Gasteiger partial charge in [0.05, 0.1) is 25.7 Å². The van der Waals surface area contributed by atoms with Gasteiger partial charge < -0.3 is 14.7 Å². The molecule has 24 heavy (non-hydrogen) atoms. The van der Waals surface area contributed by atoms with Crippen LogP contribution in [0, 0.1) is 0 Å². The lowest BCUT2D eigenvalue weighted by Crippen LogP contribution is -2.49. The molecule has 5 heteroatoms. The van der Waals surface area contributed by atoms with Crippen molar-refractivity contribution in [3.05, 3.63) is 41.5 Å². The number of morpholine rings is 1. The van der Waals surface area contributed by atoms with Gasteiger partial charge in [0.15, 0.2) is 0 Å². The van der Waals surface area contributed by atoms with Crippen LogP contribution in [0.3, 0.4) is 0 Å². The number of hydrogen-bond donors (Lipinski definition) is 1. The van der Waals surface area contributed by atoms with Crippen LogP contribution in [0.5, 0.6) is 0 Å². The van der Waals surface area contributed by atoms with Crippen LogP contribution >= 0.6 is 0 Å². The summed E-state index contributed by atoms with van der Waals surface area (Å²) in [7, 11) is 0. The number of ether oxygens (including phenoxy) is 1. The highest BCUT2D eigenvalue weighted by atomic mass is 16.5. The molecule has 0 saturated carbocycles. The standard InChI is InChI=1S/C19H25NO4/c1-14(2)16-8-6-15(7-9-16)4-3-5-18(21)20-10-11-24-13-17(20)12-19(22)23/h3-4,6-9,14,17H,5,10-13H2,1-2H3,(H,22,23)/b4-3+. The van der Waals surface area contributed by atoms with Crippen molar-refractivity contribution in [2.75, 3.05) is 19.8 Å². The quantitative estimate of drug-likeness (QED) is 0.870. The van der Waals surface area contributed by atoms with Crippen LogP contribution in [-0.4, -0.2) is 47.7 Å². The third-order valence-corrected chi connectivity index (χ3v) is 4.16. The predicted molar refractivity (Wildman–Crippen MR) is 92.8 cm³/mol. The van der Waals surface area contributed by atoms with Crippen molar-refractivity contribution in [2.24, 2.45) is 0 Å². The van der Waals surface area contributed by atoms with E-state index in [4.69, 9.17) is 9.84 Å². The molecule has 5 nitrogen and oxygen atoms in total. The molecular weight excluding hydrogens is 306 g/mol. The fourth-order valence-corrected chi connectivity index (χ4v) is 2.76. The molecule has 0 aromatic heterocycles. The molecule has 1 atom stereocenters. The SMILES string of the molecule is CC(C)c1ccc(/C=C/CC(=O)N2CCOCC2CC(=O)O)cc1. The summed E-state index contributed by atoms with van der Waals surface area (Å²) in [5.74, 6) is -0.471. The van der Waals surface area contributed by atoms with Gasteiger partial charge in [-0.25, -0.2) is 0 Å². The number of carboxylic acids is 1. The van der Waals surface area contributed by atoms with Crippen LogP contribution in [0.4, 0.5) is 0 Å². The van der Waals surface area contributed by atoms with Crippen molar-refractivity contribution >= 4 is 18.0 Å². The third-order valence-electron chi connectivity index (χ3n) is 4.16. The Morgan fingerprint density at radius 3 is 2.67 bits per heavy atom. The van der Waals surface area contributed by atoms with Gasteiger partial charge in [-0.2, -0.15) is 0 Å². The second-order valence-corrected chi connectivity index (χ2v) is 6.34. The zero-order chi connectivity index (χ0) is 17.5. The fourth-order valence-electron chi connectivity index (χ4n) is 2.76. The number of nitrogens with zero attached hydrogens (tertiary/aromatic N) is 1. The zero-order valence-electron chi connectivity index (χ0n) is 14.3. The van der Waals surface area contributed by atoms with Gasteiger partial charge >= 0.3 is 5.97 Å². The molecule has 1 saturated heterocycles. The molecule has 1 heterocycles. The molecule has 0 aliphatic carbocycles. The van der Waals surface area contributed by atoms with E-state index in [-0.39, 0.29) is 24.8 Å². The Bertz CT molecular complexity index is 592. The normalized spacial score (nSPS) is 18.3. The van der Waals surface area contributed by atoms with Crippen molar-refractivity contribution in [1.82, 2.24) is 4.90 Å². The molecule has 0 radical (unpaired) electrons. The monoisotopic (exact) mass is 331 g/mol. The molecule has 1 unspecified atom stereocenters. The maximum atomic E-state index is 12.3. The Morgan fingerprint density at radius 1 is 1.33 bits per heavy atom. The highest BCUT2D eigenvalue weighted by Gasteiger charge is 2.28. The van der Waals surface area contributed by atoms with Gasteiger partial charge in [-0.1, -0.05) is 50.3 Å². The van der Waals surface area contributed by atoms with Crippen LogP contribution in [-0.2, 0) is 14.3 Å². The summed E-state index contributed by atoms with van der Waals surface area (Å²) in [6.45, 7) is 5.51. The van der Waals surface area contributed by atoms with E-state index in [1.807, 2.05) is 24.3 Å². The summed E-state index contributed by atoms with van der Waals surface area (Å²) in [4.78, 5) is 24.9. The number of rotatable bonds is 6. The van der Waals surface area contributed by atoms with Gasteiger partial charge in [-0.3, -0.25) is 9.59 Å². The van der Waals surface area contributed by atoms with E-state index >= 15 is 0 Å². The summed E-state index contributed by atoms with van der Waals surface area (Å²) >= 11 is 0. The van der Waals surface area contributed by atoms with E-state index < -0.39 is 5.97 Å². The molecule has 0 spiro atoms. The topological polar surface area (TPSA) is 66.8 Å². The summed E-state index contributed by atoms with van der Waals surface area (Å²) in [6, 6.07) is 7.90. The second kappa shape index (κ2) is 8.64. The highest BCUT2D eigenvalue weighted by molar-refractivity contribution is 5.80. The van der Waals surface area contributed by atoms with Gasteiger partial charge in [-0.15, -0.1) is 0 Å². The Kier molecular flexibility index (Phi) is 6.55. The summed E-state index contributed by atoms with van der Waals surface area (Å²) in [5.41, 5.74) is 2.34. The molecular formula is C19H25NO4. The Hall–Kier alpha value is -2.14. The number of aliphatic carboxylic acids is 1. The van der Waals surface area contributed by atoms with Gasteiger partial charge in [0.25, 0.3) is 0 Å². The minimum atomic E-state index is -0.913. The van der Waals surface area contributed by atoms with Crippen molar-refractivity contribution < 1.29 is 19.4 Å². The summed E-state index contributed by atoms with van der Waals surface area (Å²) in [6.07, 6.45) is 3.95. The number of carboxylic acid groups (broad SMARTS) is 1. The first-order valence-corrected chi connectivity index (χ1v) is 8.33. The molecule has 1 aromatic carbocycles. The maximum absolute atomic E-state index is 12.3. The number of benzene rings is 1. The van der Waals surface area contributed by atoms with Crippen molar-refractivity contribution in [3.63, 3.8) is 0 Å². The first kappa shape index (κ1) is 18.2. The molecule has 1 aliphatic heterocycles. The van der Waals surface area contributed by atoms with Gasteiger partial charge in [0.1, 0.15) is 0 Å². The van der Waals surface area contributed by atoms with Crippen molar-refractivity contribution in [3.8, 4) is 0 Å². The average molecular weight is 331 g/mol. The lowest BCUT2D eigenvalue weighted by atomic mass is 10.0. The highest BCUT2D eigenvalue weighted by Crippen LogP contribution is 2.16. The average Bonchev–Trinajstić information content (AvgIpc) is 2.55. The number of carbonyl (C=O) groups excluding carboxylic acids is 1. The Labute approximate surface area is 142 Å². The molecule has 1 aromatic rings. The lowest BCUT2D eigenvalue weighted by molar-refractivity contribution is -0.145. The number of carbonyl (C=O) groups is 2. The maximum Gasteiger partial charge on any atom is 0.305 e. The van der Waals surface area contributed by atoms with Gasteiger partial charge in [-0.05, 0) is 17.0 Å². The molecule has 1 fully saturated rings.